The first-order valence-electron chi connectivity index (χ1n) is 5.90. The van der Waals surface area contributed by atoms with Crippen molar-refractivity contribution in [3.05, 3.63) is 27.7 Å². The van der Waals surface area contributed by atoms with Gasteiger partial charge >= 0.3 is 0 Å². The van der Waals surface area contributed by atoms with Crippen molar-refractivity contribution in [3.8, 4) is 0 Å². The average Bonchev–Trinajstić information content (AvgIpc) is 2.76. The molecule has 0 spiro atoms. The van der Waals surface area contributed by atoms with Crippen LogP contribution in [0.25, 0.3) is 0 Å². The number of benzene rings is 1. The van der Waals surface area contributed by atoms with E-state index in [2.05, 4.69) is 0 Å². The summed E-state index contributed by atoms with van der Waals surface area (Å²) in [5.74, 6) is 0.517. The minimum Gasteiger partial charge on any atom is -0.207 e. The van der Waals surface area contributed by atoms with Crippen molar-refractivity contribution >= 4 is 44.8 Å². The SMILES string of the molecule is CC1CCN(S(=O)(=O)c2cc(CCl)c(Cl)cc2Cl)C1. The Balaban J connectivity index is 2.46. The molecule has 1 aromatic rings. The van der Waals surface area contributed by atoms with Crippen molar-refractivity contribution in [2.24, 2.45) is 5.92 Å². The summed E-state index contributed by atoms with van der Waals surface area (Å²) in [4.78, 5) is 0.0864. The standard InChI is InChI=1S/C12H14Cl3NO2S/c1-8-2-3-16(7-8)19(17,18)12-4-9(6-13)10(14)5-11(12)15/h4-5,8H,2-3,6-7H2,1H3. The molecule has 1 aliphatic rings. The van der Waals surface area contributed by atoms with Crippen molar-refractivity contribution in [1.82, 2.24) is 4.31 Å². The third-order valence-electron chi connectivity index (χ3n) is 3.25. The maximum Gasteiger partial charge on any atom is 0.244 e. The van der Waals surface area contributed by atoms with Crippen molar-refractivity contribution in [3.63, 3.8) is 0 Å². The Hall–Kier alpha value is -0.000000000000000111. The molecular formula is C12H14Cl3NO2S. The van der Waals surface area contributed by atoms with E-state index in [1.165, 1.54) is 16.4 Å². The summed E-state index contributed by atoms with van der Waals surface area (Å²) in [6.07, 6.45) is 0.868. The first kappa shape index (κ1) is 15.4. The lowest BCUT2D eigenvalue weighted by Crippen LogP contribution is -2.29. The summed E-state index contributed by atoms with van der Waals surface area (Å²) < 4.78 is 26.5. The van der Waals surface area contributed by atoms with Gasteiger partial charge in [-0.3, -0.25) is 0 Å². The molecule has 106 valence electrons. The lowest BCUT2D eigenvalue weighted by Gasteiger charge is -2.18. The van der Waals surface area contributed by atoms with E-state index in [4.69, 9.17) is 34.8 Å². The zero-order valence-corrected chi connectivity index (χ0v) is 13.5. The van der Waals surface area contributed by atoms with E-state index in [1.807, 2.05) is 6.92 Å². The summed E-state index contributed by atoms with van der Waals surface area (Å²) >= 11 is 17.7. The fourth-order valence-electron chi connectivity index (χ4n) is 2.12. The van der Waals surface area contributed by atoms with Crippen LogP contribution in [-0.2, 0) is 15.9 Å². The summed E-state index contributed by atoms with van der Waals surface area (Å²) in [6, 6.07) is 2.91. The number of hydrogen-bond donors (Lipinski definition) is 0. The van der Waals surface area contributed by atoms with Gasteiger partial charge in [0, 0.05) is 24.0 Å². The highest BCUT2D eigenvalue weighted by atomic mass is 35.5. The van der Waals surface area contributed by atoms with Crippen LogP contribution in [0.15, 0.2) is 17.0 Å². The molecule has 0 radical (unpaired) electrons. The van der Waals surface area contributed by atoms with Gasteiger partial charge in [-0.25, -0.2) is 8.42 Å². The Bertz CT molecular complexity index is 589. The molecule has 3 nitrogen and oxygen atoms in total. The van der Waals surface area contributed by atoms with Crippen LogP contribution >= 0.6 is 34.8 Å². The summed E-state index contributed by atoms with van der Waals surface area (Å²) in [6.45, 7) is 3.08. The second-order valence-electron chi connectivity index (χ2n) is 4.76. The highest BCUT2D eigenvalue weighted by Gasteiger charge is 2.32. The third kappa shape index (κ3) is 3.03. The molecule has 1 aromatic carbocycles. The number of hydrogen-bond acceptors (Lipinski definition) is 2. The van der Waals surface area contributed by atoms with Gasteiger partial charge in [0.15, 0.2) is 0 Å². The van der Waals surface area contributed by atoms with Crippen molar-refractivity contribution in [2.45, 2.75) is 24.1 Å². The van der Waals surface area contributed by atoms with Gasteiger partial charge in [-0.2, -0.15) is 4.31 Å². The summed E-state index contributed by atoms with van der Waals surface area (Å²) in [7, 11) is -3.57. The minimum atomic E-state index is -3.57. The quantitative estimate of drug-likeness (QED) is 0.784. The predicted octanol–water partition coefficient (Wildman–Crippen LogP) is 3.76. The van der Waals surface area contributed by atoms with E-state index in [0.717, 1.165) is 6.42 Å². The van der Waals surface area contributed by atoms with Crippen molar-refractivity contribution < 1.29 is 8.42 Å². The second kappa shape index (κ2) is 5.78. The number of sulfonamides is 1. The van der Waals surface area contributed by atoms with E-state index in [1.54, 1.807) is 0 Å². The molecule has 7 heteroatoms. The molecule has 1 atom stereocenters. The highest BCUT2D eigenvalue weighted by molar-refractivity contribution is 7.89. The number of halogens is 3. The smallest absolute Gasteiger partial charge is 0.207 e. The summed E-state index contributed by atoms with van der Waals surface area (Å²) in [5, 5.41) is 0.521. The highest BCUT2D eigenvalue weighted by Crippen LogP contribution is 2.33. The average molecular weight is 343 g/mol. The van der Waals surface area contributed by atoms with Crippen molar-refractivity contribution in [2.75, 3.05) is 13.1 Å². The first-order valence-corrected chi connectivity index (χ1v) is 8.63. The molecule has 1 heterocycles. The van der Waals surface area contributed by atoms with E-state index in [-0.39, 0.29) is 15.8 Å². The van der Waals surface area contributed by atoms with Crippen LogP contribution in [0.2, 0.25) is 10.0 Å². The molecule has 1 saturated heterocycles. The minimum absolute atomic E-state index is 0.0864. The lowest BCUT2D eigenvalue weighted by molar-refractivity contribution is 0.464. The van der Waals surface area contributed by atoms with Crippen LogP contribution in [0.5, 0.6) is 0 Å². The monoisotopic (exact) mass is 341 g/mol. The number of nitrogens with zero attached hydrogens (tertiary/aromatic N) is 1. The van der Waals surface area contributed by atoms with E-state index >= 15 is 0 Å². The molecule has 0 bridgehead atoms. The maximum absolute atomic E-state index is 12.5. The Morgan fingerprint density at radius 2 is 2.00 bits per heavy atom. The van der Waals surface area contributed by atoms with Gasteiger partial charge in [-0.15, -0.1) is 11.6 Å². The molecule has 1 fully saturated rings. The Kier molecular flexibility index (Phi) is 4.68. The normalized spacial score (nSPS) is 20.9. The number of rotatable bonds is 3. The molecule has 1 unspecified atom stereocenters. The zero-order valence-electron chi connectivity index (χ0n) is 10.4. The fraction of sp³-hybridized carbons (Fsp3) is 0.500. The lowest BCUT2D eigenvalue weighted by atomic mass is 10.2. The topological polar surface area (TPSA) is 37.4 Å². The molecule has 0 amide bonds. The second-order valence-corrected chi connectivity index (χ2v) is 7.75. The first-order chi connectivity index (χ1) is 8.86. The maximum atomic E-state index is 12.5. The molecule has 0 aliphatic carbocycles. The Morgan fingerprint density at radius 3 is 2.53 bits per heavy atom. The van der Waals surface area contributed by atoms with Gasteiger partial charge in [0.1, 0.15) is 4.90 Å². The van der Waals surface area contributed by atoms with Crippen LogP contribution in [-0.4, -0.2) is 25.8 Å². The van der Waals surface area contributed by atoms with Gasteiger partial charge in [0.05, 0.1) is 5.02 Å². The molecular weight excluding hydrogens is 329 g/mol. The van der Waals surface area contributed by atoms with Gasteiger partial charge in [-0.1, -0.05) is 30.1 Å². The molecule has 19 heavy (non-hydrogen) atoms. The van der Waals surface area contributed by atoms with Gasteiger partial charge in [0.2, 0.25) is 10.0 Å². The Labute approximate surface area is 128 Å². The predicted molar refractivity (Wildman–Crippen MR) is 78.6 cm³/mol. The fourth-order valence-corrected chi connectivity index (χ4v) is 4.83. The molecule has 0 N–H and O–H groups in total. The van der Waals surface area contributed by atoms with Crippen LogP contribution in [0, 0.1) is 5.92 Å². The van der Waals surface area contributed by atoms with Gasteiger partial charge in [0.25, 0.3) is 0 Å². The van der Waals surface area contributed by atoms with Crippen LogP contribution in [0.4, 0.5) is 0 Å². The molecule has 0 saturated carbocycles. The van der Waals surface area contributed by atoms with Crippen LogP contribution in [0.1, 0.15) is 18.9 Å². The summed E-state index contributed by atoms with van der Waals surface area (Å²) in [5.41, 5.74) is 0.568. The zero-order chi connectivity index (χ0) is 14.2. The molecule has 0 aromatic heterocycles. The van der Waals surface area contributed by atoms with Crippen LogP contribution in [0.3, 0.4) is 0 Å². The number of alkyl halides is 1. The van der Waals surface area contributed by atoms with E-state index in [9.17, 15) is 8.42 Å². The van der Waals surface area contributed by atoms with Crippen LogP contribution < -0.4 is 0 Å². The Morgan fingerprint density at radius 1 is 1.32 bits per heavy atom. The molecule has 2 rings (SSSR count). The van der Waals surface area contributed by atoms with Crippen molar-refractivity contribution in [1.29, 1.82) is 0 Å². The van der Waals surface area contributed by atoms with E-state index in [0.29, 0.717) is 29.6 Å². The van der Waals surface area contributed by atoms with E-state index < -0.39 is 10.0 Å². The molecule has 1 aliphatic heterocycles. The van der Waals surface area contributed by atoms with Gasteiger partial charge in [-0.05, 0) is 30.0 Å². The third-order valence-corrected chi connectivity index (χ3v) is 6.22. The van der Waals surface area contributed by atoms with Gasteiger partial charge < -0.3 is 0 Å². The largest absolute Gasteiger partial charge is 0.244 e.